The van der Waals surface area contributed by atoms with Crippen molar-refractivity contribution in [1.29, 1.82) is 0 Å². The van der Waals surface area contributed by atoms with Crippen molar-refractivity contribution >= 4 is 17.4 Å². The summed E-state index contributed by atoms with van der Waals surface area (Å²) in [5, 5.41) is 2.44. The number of aromatic nitrogens is 3. The summed E-state index contributed by atoms with van der Waals surface area (Å²) in [7, 11) is 0. The van der Waals surface area contributed by atoms with Crippen molar-refractivity contribution in [3.63, 3.8) is 0 Å². The lowest BCUT2D eigenvalue weighted by Crippen LogP contribution is -2.26. The van der Waals surface area contributed by atoms with Crippen LogP contribution in [0.2, 0.25) is 0 Å². The van der Waals surface area contributed by atoms with E-state index in [4.69, 9.17) is 4.42 Å². The first kappa shape index (κ1) is 17.6. The number of halogens is 2. The smallest absolute Gasteiger partial charge is 0.285 e. The number of fused-ring (bicyclic) bond motifs is 1. The molecule has 0 atom stereocenters. The van der Waals surface area contributed by atoms with Crippen LogP contribution in [0, 0.1) is 11.8 Å². The molecule has 0 aliphatic heterocycles. The Balaban J connectivity index is 1.57. The number of hydrogen-bond donors (Lipinski definition) is 1. The highest BCUT2D eigenvalue weighted by Gasteiger charge is 2.37. The minimum atomic E-state index is -2.83. The van der Waals surface area contributed by atoms with Gasteiger partial charge in [0.1, 0.15) is 5.65 Å². The molecule has 8 heteroatoms. The Morgan fingerprint density at radius 2 is 2.11 bits per heavy atom. The van der Waals surface area contributed by atoms with Gasteiger partial charge in [0, 0.05) is 24.5 Å². The first-order valence-electron chi connectivity index (χ1n) is 8.95. The topological polar surface area (TPSA) is 72.4 Å². The highest BCUT2D eigenvalue weighted by molar-refractivity contribution is 6.08. The molecule has 1 fully saturated rings. The molecular weight excluding hydrogens is 354 g/mol. The van der Waals surface area contributed by atoms with E-state index < -0.39 is 18.0 Å². The van der Waals surface area contributed by atoms with Crippen molar-refractivity contribution < 1.29 is 18.0 Å². The molecule has 0 saturated heterocycles. The number of nitrogens with zero attached hydrogens (tertiary/aromatic N) is 3. The average molecular weight is 374 g/mol. The molecule has 1 N–H and O–H groups in total. The Kier molecular flexibility index (Phi) is 4.41. The monoisotopic (exact) mass is 374 g/mol. The third kappa shape index (κ3) is 3.20. The molecule has 27 heavy (non-hydrogen) atoms. The predicted octanol–water partition coefficient (Wildman–Crippen LogP) is 4.66. The van der Waals surface area contributed by atoms with Gasteiger partial charge in [-0.05, 0) is 36.8 Å². The largest absolute Gasteiger partial charge is 0.424 e. The fraction of sp³-hybridized carbons (Fsp3) is 0.421. The molecule has 1 amide bonds. The van der Waals surface area contributed by atoms with E-state index in [0.29, 0.717) is 17.5 Å². The summed E-state index contributed by atoms with van der Waals surface area (Å²) in [4.78, 5) is 20.7. The van der Waals surface area contributed by atoms with Crippen LogP contribution in [-0.4, -0.2) is 20.3 Å². The van der Waals surface area contributed by atoms with Crippen LogP contribution in [0.1, 0.15) is 61.0 Å². The minimum Gasteiger partial charge on any atom is -0.424 e. The SMILES string of the molecule is CC(C)[C@H]1C[C@H](c2nc(C(F)F)c(NC(=O)c3ccn4cccnc34)o2)C1. The lowest BCUT2D eigenvalue weighted by atomic mass is 9.69. The van der Waals surface area contributed by atoms with E-state index in [2.05, 4.69) is 29.1 Å². The molecule has 0 aromatic carbocycles. The van der Waals surface area contributed by atoms with Gasteiger partial charge in [-0.3, -0.25) is 10.1 Å². The van der Waals surface area contributed by atoms with Gasteiger partial charge in [0.05, 0.1) is 5.56 Å². The molecule has 3 aromatic heterocycles. The van der Waals surface area contributed by atoms with Crippen LogP contribution in [0.3, 0.4) is 0 Å². The maximum atomic E-state index is 13.4. The van der Waals surface area contributed by atoms with Crippen molar-refractivity contribution in [1.82, 2.24) is 14.4 Å². The number of carbonyl (C=O) groups excluding carboxylic acids is 1. The molecule has 0 radical (unpaired) electrons. The number of anilines is 1. The van der Waals surface area contributed by atoms with Crippen LogP contribution in [0.15, 0.2) is 35.1 Å². The Hall–Kier alpha value is -2.77. The van der Waals surface area contributed by atoms with Crippen LogP contribution in [0.25, 0.3) is 5.65 Å². The summed E-state index contributed by atoms with van der Waals surface area (Å²) < 4.78 is 34.0. The van der Waals surface area contributed by atoms with Crippen molar-refractivity contribution in [3.05, 3.63) is 47.9 Å². The summed E-state index contributed by atoms with van der Waals surface area (Å²) in [6, 6.07) is 3.31. The predicted molar refractivity (Wildman–Crippen MR) is 94.9 cm³/mol. The second-order valence-corrected chi connectivity index (χ2v) is 7.27. The fourth-order valence-corrected chi connectivity index (χ4v) is 3.46. The van der Waals surface area contributed by atoms with Crippen molar-refractivity contribution in [2.75, 3.05) is 5.32 Å². The van der Waals surface area contributed by atoms with Gasteiger partial charge in [-0.15, -0.1) is 0 Å². The van der Waals surface area contributed by atoms with Crippen LogP contribution in [0.4, 0.5) is 14.7 Å². The molecule has 0 unspecified atom stereocenters. The van der Waals surface area contributed by atoms with Crippen LogP contribution in [-0.2, 0) is 0 Å². The van der Waals surface area contributed by atoms with Gasteiger partial charge >= 0.3 is 0 Å². The minimum absolute atomic E-state index is 0.0255. The lowest BCUT2D eigenvalue weighted by Gasteiger charge is -2.36. The normalized spacial score (nSPS) is 19.6. The van der Waals surface area contributed by atoms with E-state index in [0.717, 1.165) is 12.8 Å². The maximum absolute atomic E-state index is 13.4. The quantitative estimate of drug-likeness (QED) is 0.705. The number of oxazole rings is 1. The molecule has 1 aliphatic rings. The number of amides is 1. The Morgan fingerprint density at radius 1 is 1.33 bits per heavy atom. The zero-order valence-corrected chi connectivity index (χ0v) is 15.0. The zero-order valence-electron chi connectivity index (χ0n) is 15.0. The van der Waals surface area contributed by atoms with E-state index in [1.165, 1.54) is 0 Å². The Labute approximate surface area is 154 Å². The standard InChI is InChI=1S/C19H20F2N4O2/c1-10(2)11-8-12(9-11)18-23-14(15(20)21)19(27-18)24-17(26)13-4-7-25-6-3-5-22-16(13)25/h3-7,10-12,15H,8-9H2,1-2H3,(H,24,26)/t11-,12-. The van der Waals surface area contributed by atoms with Gasteiger partial charge in [-0.25, -0.2) is 18.7 Å². The number of nitrogens with one attached hydrogen (secondary N) is 1. The molecule has 1 saturated carbocycles. The second-order valence-electron chi connectivity index (χ2n) is 7.27. The number of carbonyl (C=O) groups is 1. The fourth-order valence-electron chi connectivity index (χ4n) is 3.46. The van der Waals surface area contributed by atoms with E-state index in [-0.39, 0.29) is 23.3 Å². The summed E-state index contributed by atoms with van der Waals surface area (Å²) in [5.74, 6) is 0.548. The Morgan fingerprint density at radius 3 is 2.81 bits per heavy atom. The van der Waals surface area contributed by atoms with Crippen LogP contribution >= 0.6 is 0 Å². The van der Waals surface area contributed by atoms with Crippen molar-refractivity contribution in [2.45, 2.75) is 39.0 Å². The van der Waals surface area contributed by atoms with Gasteiger partial charge in [0.2, 0.25) is 11.8 Å². The molecule has 4 rings (SSSR count). The summed E-state index contributed by atoms with van der Waals surface area (Å²) in [6.45, 7) is 4.28. The zero-order chi connectivity index (χ0) is 19.1. The first-order chi connectivity index (χ1) is 12.9. The second kappa shape index (κ2) is 6.75. The van der Waals surface area contributed by atoms with Crippen LogP contribution in [0.5, 0.6) is 0 Å². The third-order valence-corrected chi connectivity index (χ3v) is 5.23. The van der Waals surface area contributed by atoms with E-state index >= 15 is 0 Å². The van der Waals surface area contributed by atoms with E-state index in [1.54, 1.807) is 35.1 Å². The molecule has 0 spiro atoms. The average Bonchev–Trinajstić information content (AvgIpc) is 3.17. The number of alkyl halides is 2. The molecule has 3 heterocycles. The molecule has 6 nitrogen and oxygen atoms in total. The molecule has 1 aliphatic carbocycles. The molecule has 142 valence electrons. The number of hydrogen-bond acceptors (Lipinski definition) is 4. The summed E-state index contributed by atoms with van der Waals surface area (Å²) in [5.41, 5.74) is 0.187. The van der Waals surface area contributed by atoms with Gasteiger partial charge in [-0.2, -0.15) is 0 Å². The molecule has 3 aromatic rings. The highest BCUT2D eigenvalue weighted by Crippen LogP contribution is 2.46. The first-order valence-corrected chi connectivity index (χ1v) is 8.95. The third-order valence-electron chi connectivity index (χ3n) is 5.23. The van der Waals surface area contributed by atoms with E-state index in [9.17, 15) is 13.6 Å². The number of rotatable bonds is 5. The van der Waals surface area contributed by atoms with Crippen LogP contribution < -0.4 is 5.32 Å². The highest BCUT2D eigenvalue weighted by atomic mass is 19.3. The van der Waals surface area contributed by atoms with Crippen molar-refractivity contribution in [3.8, 4) is 0 Å². The van der Waals surface area contributed by atoms with E-state index in [1.807, 2.05) is 0 Å². The maximum Gasteiger partial charge on any atom is 0.285 e. The molecule has 0 bridgehead atoms. The lowest BCUT2D eigenvalue weighted by molar-refractivity contribution is 0.102. The summed E-state index contributed by atoms with van der Waals surface area (Å²) >= 11 is 0. The van der Waals surface area contributed by atoms with Gasteiger partial charge in [0.15, 0.2) is 5.69 Å². The van der Waals surface area contributed by atoms with Gasteiger partial charge in [-0.1, -0.05) is 13.8 Å². The van der Waals surface area contributed by atoms with Gasteiger partial charge < -0.3 is 8.82 Å². The van der Waals surface area contributed by atoms with Gasteiger partial charge in [0.25, 0.3) is 12.3 Å². The summed E-state index contributed by atoms with van der Waals surface area (Å²) in [6.07, 6.45) is 3.88. The van der Waals surface area contributed by atoms with Crippen molar-refractivity contribution in [2.24, 2.45) is 11.8 Å². The Bertz CT molecular complexity index is 973. The molecular formula is C19H20F2N4O2.